The predicted octanol–water partition coefficient (Wildman–Crippen LogP) is 1.00. The van der Waals surface area contributed by atoms with Crippen molar-refractivity contribution in [3.8, 4) is 0 Å². The lowest BCUT2D eigenvalue weighted by Crippen LogP contribution is -2.27. The Balaban J connectivity index is 1.89. The summed E-state index contributed by atoms with van der Waals surface area (Å²) < 4.78 is 3.60. The van der Waals surface area contributed by atoms with E-state index in [0.717, 1.165) is 17.1 Å². The van der Waals surface area contributed by atoms with E-state index < -0.39 is 6.10 Å². The van der Waals surface area contributed by atoms with Gasteiger partial charge in [-0.05, 0) is 17.1 Å². The van der Waals surface area contributed by atoms with Crippen LogP contribution < -0.4 is 5.32 Å². The second-order valence-electron chi connectivity index (χ2n) is 3.42. The van der Waals surface area contributed by atoms with Crippen molar-refractivity contribution < 1.29 is 9.90 Å². The summed E-state index contributed by atoms with van der Waals surface area (Å²) in [4.78, 5) is 12.0. The fraction of sp³-hybridized carbons (Fsp3) is 0.182. The van der Waals surface area contributed by atoms with Crippen LogP contribution in [-0.2, 0) is 0 Å². The van der Waals surface area contributed by atoms with Crippen LogP contribution in [0.4, 0.5) is 0 Å². The lowest BCUT2D eigenvalue weighted by atomic mass is 10.1. The molecule has 1 unspecified atom stereocenters. The maximum absolute atomic E-state index is 11.5. The number of hydrogen-bond acceptors (Lipinski definition) is 5. The minimum absolute atomic E-state index is 0.167. The zero-order chi connectivity index (χ0) is 12.1. The highest BCUT2D eigenvalue weighted by Gasteiger charge is 2.11. The number of amides is 1. The van der Waals surface area contributed by atoms with Crippen molar-refractivity contribution in [2.45, 2.75) is 6.10 Å². The molecule has 5 nitrogen and oxygen atoms in total. The third-order valence-corrected chi connectivity index (χ3v) is 2.89. The van der Waals surface area contributed by atoms with Gasteiger partial charge in [-0.3, -0.25) is 4.79 Å². The maximum Gasteiger partial charge on any atom is 0.264 e. The van der Waals surface area contributed by atoms with Gasteiger partial charge in [0.15, 0.2) is 0 Å². The molecule has 0 saturated heterocycles. The summed E-state index contributed by atoms with van der Waals surface area (Å²) in [6.45, 7) is 0.167. The van der Waals surface area contributed by atoms with Crippen LogP contribution >= 0.6 is 11.5 Å². The number of carbonyl (C=O) groups excluding carboxylic acids is 1. The molecule has 2 N–H and O–H groups in total. The van der Waals surface area contributed by atoms with Crippen LogP contribution in [-0.4, -0.2) is 27.1 Å². The van der Waals surface area contributed by atoms with E-state index in [0.29, 0.717) is 4.88 Å². The highest BCUT2D eigenvalue weighted by atomic mass is 32.1. The van der Waals surface area contributed by atoms with Gasteiger partial charge in [0.1, 0.15) is 4.88 Å². The second kappa shape index (κ2) is 5.51. The number of hydrogen-bond donors (Lipinski definition) is 2. The van der Waals surface area contributed by atoms with Gasteiger partial charge in [-0.15, -0.1) is 5.10 Å². The molecule has 0 saturated carbocycles. The van der Waals surface area contributed by atoms with Gasteiger partial charge in [-0.25, -0.2) is 0 Å². The van der Waals surface area contributed by atoms with Crippen molar-refractivity contribution in [3.05, 3.63) is 47.0 Å². The summed E-state index contributed by atoms with van der Waals surface area (Å²) >= 11 is 1.02. The van der Waals surface area contributed by atoms with Gasteiger partial charge in [0.25, 0.3) is 5.91 Å². The van der Waals surface area contributed by atoms with Gasteiger partial charge in [0.2, 0.25) is 0 Å². The van der Waals surface area contributed by atoms with Crippen LogP contribution in [0, 0.1) is 0 Å². The average molecular weight is 249 g/mol. The van der Waals surface area contributed by atoms with E-state index in [4.69, 9.17) is 0 Å². The summed E-state index contributed by atoms with van der Waals surface area (Å²) in [5.74, 6) is -0.269. The number of benzene rings is 1. The molecule has 6 heteroatoms. The van der Waals surface area contributed by atoms with E-state index in [2.05, 4.69) is 14.9 Å². The molecular weight excluding hydrogens is 238 g/mol. The fourth-order valence-corrected chi connectivity index (χ4v) is 1.77. The number of aromatic nitrogens is 2. The van der Waals surface area contributed by atoms with E-state index in [9.17, 15) is 9.90 Å². The van der Waals surface area contributed by atoms with Crippen molar-refractivity contribution in [3.63, 3.8) is 0 Å². The number of rotatable bonds is 4. The minimum Gasteiger partial charge on any atom is -0.387 e. The van der Waals surface area contributed by atoms with E-state index in [-0.39, 0.29) is 12.5 Å². The maximum atomic E-state index is 11.5. The predicted molar refractivity (Wildman–Crippen MR) is 63.6 cm³/mol. The standard InChI is InChI=1S/C11H11N3O2S/c15-9(8-4-2-1-3-5-8)6-12-11(16)10-7-13-14-17-10/h1-5,7,9,15H,6H2,(H,12,16). The Morgan fingerprint density at radius 3 is 2.82 bits per heavy atom. The monoisotopic (exact) mass is 249 g/mol. The third kappa shape index (κ3) is 3.08. The Bertz CT molecular complexity index is 473. The molecule has 2 rings (SSSR count). The average Bonchev–Trinajstić information content (AvgIpc) is 2.90. The Morgan fingerprint density at radius 2 is 2.18 bits per heavy atom. The lowest BCUT2D eigenvalue weighted by Gasteiger charge is -2.11. The first-order valence-electron chi connectivity index (χ1n) is 5.06. The quantitative estimate of drug-likeness (QED) is 0.847. The van der Waals surface area contributed by atoms with Crippen LogP contribution in [0.5, 0.6) is 0 Å². The summed E-state index contributed by atoms with van der Waals surface area (Å²) in [7, 11) is 0. The van der Waals surface area contributed by atoms with E-state index >= 15 is 0 Å². The van der Waals surface area contributed by atoms with Gasteiger partial charge in [0, 0.05) is 6.54 Å². The van der Waals surface area contributed by atoms with Crippen molar-refractivity contribution in [2.24, 2.45) is 0 Å². The Morgan fingerprint density at radius 1 is 1.41 bits per heavy atom. The molecule has 1 amide bonds. The molecule has 0 aliphatic heterocycles. The van der Waals surface area contributed by atoms with Gasteiger partial charge >= 0.3 is 0 Å². The summed E-state index contributed by atoms with van der Waals surface area (Å²) in [5.41, 5.74) is 0.773. The van der Waals surface area contributed by atoms with E-state index in [1.165, 1.54) is 6.20 Å². The Kier molecular flexibility index (Phi) is 3.79. The molecule has 0 radical (unpaired) electrons. The van der Waals surface area contributed by atoms with Crippen LogP contribution in [0.15, 0.2) is 36.5 Å². The van der Waals surface area contributed by atoms with Crippen molar-refractivity contribution >= 4 is 17.4 Å². The van der Waals surface area contributed by atoms with Gasteiger partial charge in [-0.2, -0.15) is 0 Å². The number of aliphatic hydroxyl groups is 1. The molecule has 1 aromatic carbocycles. The van der Waals surface area contributed by atoms with Crippen molar-refractivity contribution in [2.75, 3.05) is 6.54 Å². The number of nitrogens with zero attached hydrogens (tertiary/aromatic N) is 2. The zero-order valence-electron chi connectivity index (χ0n) is 8.91. The van der Waals surface area contributed by atoms with Crippen LogP contribution in [0.1, 0.15) is 21.3 Å². The van der Waals surface area contributed by atoms with Gasteiger partial charge in [0.05, 0.1) is 12.3 Å². The molecule has 0 spiro atoms. The summed E-state index contributed by atoms with van der Waals surface area (Å²) in [6, 6.07) is 9.18. The van der Waals surface area contributed by atoms with Gasteiger partial charge < -0.3 is 10.4 Å². The summed E-state index contributed by atoms with van der Waals surface area (Å²) in [5, 5.41) is 16.0. The first-order valence-corrected chi connectivity index (χ1v) is 5.83. The minimum atomic E-state index is -0.707. The molecule has 0 bridgehead atoms. The van der Waals surface area contributed by atoms with Gasteiger partial charge in [-0.1, -0.05) is 34.8 Å². The molecule has 0 aliphatic carbocycles. The smallest absolute Gasteiger partial charge is 0.264 e. The highest BCUT2D eigenvalue weighted by Crippen LogP contribution is 2.11. The Labute approximate surface area is 102 Å². The second-order valence-corrected chi connectivity index (χ2v) is 4.20. The molecule has 1 aromatic heterocycles. The fourth-order valence-electron chi connectivity index (χ4n) is 1.34. The molecule has 1 heterocycles. The first-order chi connectivity index (χ1) is 8.27. The van der Waals surface area contributed by atoms with Crippen LogP contribution in [0.3, 0.4) is 0 Å². The SMILES string of the molecule is O=C(NCC(O)c1ccccc1)c1cnns1. The van der Waals surface area contributed by atoms with E-state index in [1.54, 1.807) is 0 Å². The van der Waals surface area contributed by atoms with Crippen LogP contribution in [0.25, 0.3) is 0 Å². The highest BCUT2D eigenvalue weighted by molar-refractivity contribution is 7.07. The number of carbonyl (C=O) groups is 1. The normalized spacial score (nSPS) is 12.1. The lowest BCUT2D eigenvalue weighted by molar-refractivity contribution is 0.0920. The molecule has 0 aliphatic rings. The molecule has 0 fully saturated rings. The molecule has 17 heavy (non-hydrogen) atoms. The van der Waals surface area contributed by atoms with Crippen molar-refractivity contribution in [1.29, 1.82) is 0 Å². The summed E-state index contributed by atoms with van der Waals surface area (Å²) in [6.07, 6.45) is 0.690. The molecule has 88 valence electrons. The third-order valence-electron chi connectivity index (χ3n) is 2.23. The number of nitrogens with one attached hydrogen (secondary N) is 1. The molecular formula is C11H11N3O2S. The zero-order valence-corrected chi connectivity index (χ0v) is 9.72. The first kappa shape index (κ1) is 11.7. The topological polar surface area (TPSA) is 75.1 Å². The van der Waals surface area contributed by atoms with E-state index in [1.807, 2.05) is 30.3 Å². The molecule has 2 aromatic rings. The Hall–Kier alpha value is -1.79. The largest absolute Gasteiger partial charge is 0.387 e. The van der Waals surface area contributed by atoms with Crippen LogP contribution in [0.2, 0.25) is 0 Å². The number of aliphatic hydroxyl groups excluding tert-OH is 1. The van der Waals surface area contributed by atoms with Crippen molar-refractivity contribution in [1.82, 2.24) is 14.9 Å². The molecule has 1 atom stereocenters.